The Hall–Kier alpha value is -2.42. The highest BCUT2D eigenvalue weighted by molar-refractivity contribution is 7.92. The zero-order valence-corrected chi connectivity index (χ0v) is 14.5. The number of anilines is 2. The normalized spacial score (nSPS) is 18.2. The molecule has 0 saturated heterocycles. The number of carbonyl (C=O) groups is 1. The van der Waals surface area contributed by atoms with Crippen LogP contribution in [-0.2, 0) is 14.8 Å². The molecule has 0 radical (unpaired) electrons. The fraction of sp³-hybridized carbons (Fsp3) is 0.400. The molecular formula is C15H19N5O3S. The number of amides is 1. The van der Waals surface area contributed by atoms with E-state index < -0.39 is 15.9 Å². The lowest BCUT2D eigenvalue weighted by molar-refractivity contribution is -0.119. The molecule has 0 bridgehead atoms. The van der Waals surface area contributed by atoms with E-state index in [4.69, 9.17) is 0 Å². The molecule has 1 amide bonds. The summed E-state index contributed by atoms with van der Waals surface area (Å²) in [6.07, 6.45) is 5.78. The maximum Gasteiger partial charge on any atom is 0.267 e. The summed E-state index contributed by atoms with van der Waals surface area (Å²) in [6.45, 7) is 5.56. The van der Waals surface area contributed by atoms with E-state index in [0.717, 1.165) is 0 Å². The smallest absolute Gasteiger partial charge is 0.267 e. The molecule has 1 unspecified atom stereocenters. The first-order valence-corrected chi connectivity index (χ1v) is 9.06. The monoisotopic (exact) mass is 349 g/mol. The predicted molar refractivity (Wildman–Crippen MR) is 89.2 cm³/mol. The largest absolute Gasteiger partial charge is 0.324 e. The van der Waals surface area contributed by atoms with Crippen molar-refractivity contribution in [1.82, 2.24) is 14.8 Å². The lowest BCUT2D eigenvalue weighted by Crippen LogP contribution is -2.35. The molecule has 1 atom stereocenters. The van der Waals surface area contributed by atoms with Gasteiger partial charge in [0, 0.05) is 25.0 Å². The molecule has 3 rings (SSSR count). The summed E-state index contributed by atoms with van der Waals surface area (Å²) in [7, 11) is -3.85. The van der Waals surface area contributed by atoms with Crippen molar-refractivity contribution >= 4 is 27.3 Å². The first kappa shape index (κ1) is 16.4. The van der Waals surface area contributed by atoms with Gasteiger partial charge in [0.1, 0.15) is 4.90 Å². The van der Waals surface area contributed by atoms with Gasteiger partial charge in [-0.05, 0) is 19.9 Å². The highest BCUT2D eigenvalue weighted by Gasteiger charge is 2.34. The van der Waals surface area contributed by atoms with Crippen LogP contribution in [0.15, 0.2) is 35.7 Å². The Labute approximate surface area is 140 Å². The van der Waals surface area contributed by atoms with Gasteiger partial charge in [0.15, 0.2) is 0 Å². The molecule has 9 heteroatoms. The van der Waals surface area contributed by atoms with Crippen LogP contribution in [0.5, 0.6) is 0 Å². The first-order chi connectivity index (χ1) is 11.3. The maximum absolute atomic E-state index is 13.1. The summed E-state index contributed by atoms with van der Waals surface area (Å²) in [5.74, 6) is -0.717. The Morgan fingerprint density at radius 2 is 2.08 bits per heavy atom. The van der Waals surface area contributed by atoms with Gasteiger partial charge in [-0.25, -0.2) is 8.42 Å². The van der Waals surface area contributed by atoms with Crippen molar-refractivity contribution in [3.8, 4) is 0 Å². The van der Waals surface area contributed by atoms with Gasteiger partial charge in [0.2, 0.25) is 5.91 Å². The van der Waals surface area contributed by atoms with Crippen LogP contribution in [0.1, 0.15) is 26.8 Å². The molecule has 0 aromatic carbocycles. The third kappa shape index (κ3) is 2.75. The zero-order chi connectivity index (χ0) is 17.5. The number of fused-ring (bicyclic) bond motifs is 1. The molecule has 2 aromatic rings. The minimum absolute atomic E-state index is 0.0414. The second-order valence-electron chi connectivity index (χ2n) is 6.07. The molecule has 1 aliphatic rings. The molecule has 2 aromatic heterocycles. The molecule has 3 heterocycles. The fourth-order valence-corrected chi connectivity index (χ4v) is 3.97. The van der Waals surface area contributed by atoms with E-state index in [0.29, 0.717) is 11.4 Å². The first-order valence-electron chi connectivity index (χ1n) is 7.62. The molecule has 8 nitrogen and oxygen atoms in total. The summed E-state index contributed by atoms with van der Waals surface area (Å²) in [5, 5.41) is 6.85. The fourth-order valence-electron chi connectivity index (χ4n) is 2.47. The third-order valence-corrected chi connectivity index (χ3v) is 5.64. The number of hydrogen-bond acceptors (Lipinski definition) is 5. The third-order valence-electron chi connectivity index (χ3n) is 3.91. The molecule has 0 saturated carbocycles. The van der Waals surface area contributed by atoms with Crippen molar-refractivity contribution in [2.24, 2.45) is 5.92 Å². The molecule has 0 fully saturated rings. The molecule has 1 N–H and O–H groups in total. The van der Waals surface area contributed by atoms with E-state index in [9.17, 15) is 13.2 Å². The van der Waals surface area contributed by atoms with Gasteiger partial charge >= 0.3 is 0 Å². The van der Waals surface area contributed by atoms with E-state index in [-0.39, 0.29) is 23.4 Å². The van der Waals surface area contributed by atoms with Crippen molar-refractivity contribution in [1.29, 1.82) is 0 Å². The second kappa shape index (κ2) is 5.90. The lowest BCUT2D eigenvalue weighted by Gasteiger charge is -2.23. The van der Waals surface area contributed by atoms with Crippen molar-refractivity contribution in [3.05, 3.63) is 30.9 Å². The van der Waals surface area contributed by atoms with Crippen molar-refractivity contribution < 1.29 is 13.2 Å². The van der Waals surface area contributed by atoms with E-state index in [1.54, 1.807) is 17.7 Å². The van der Waals surface area contributed by atoms with Gasteiger partial charge in [-0.2, -0.15) is 5.10 Å². The second-order valence-corrected chi connectivity index (χ2v) is 7.93. The van der Waals surface area contributed by atoms with Crippen LogP contribution in [0.25, 0.3) is 0 Å². The molecule has 0 aliphatic carbocycles. The van der Waals surface area contributed by atoms with Gasteiger partial charge in [0.25, 0.3) is 10.0 Å². The highest BCUT2D eigenvalue weighted by atomic mass is 32.2. The molecule has 0 spiro atoms. The number of hydrogen-bond donors (Lipinski definition) is 1. The Morgan fingerprint density at radius 1 is 1.33 bits per heavy atom. The van der Waals surface area contributed by atoms with Crippen LogP contribution < -0.4 is 9.62 Å². The Balaban J connectivity index is 2.10. The summed E-state index contributed by atoms with van der Waals surface area (Å²) in [4.78, 5) is 16.2. The quantitative estimate of drug-likeness (QED) is 0.908. The number of nitrogens with one attached hydrogen (secondary N) is 1. The summed E-state index contributed by atoms with van der Waals surface area (Å²) >= 11 is 0. The van der Waals surface area contributed by atoms with Crippen LogP contribution in [0, 0.1) is 5.92 Å². The Morgan fingerprint density at radius 3 is 2.75 bits per heavy atom. The van der Waals surface area contributed by atoms with E-state index in [1.165, 1.54) is 29.1 Å². The van der Waals surface area contributed by atoms with Gasteiger partial charge in [-0.1, -0.05) is 6.92 Å². The molecular weight excluding hydrogens is 330 g/mol. The zero-order valence-electron chi connectivity index (χ0n) is 13.7. The minimum Gasteiger partial charge on any atom is -0.324 e. The number of sulfonamides is 1. The van der Waals surface area contributed by atoms with Crippen molar-refractivity contribution in [2.45, 2.75) is 31.7 Å². The molecule has 1 aliphatic heterocycles. The average Bonchev–Trinajstić information content (AvgIpc) is 2.99. The van der Waals surface area contributed by atoms with Crippen LogP contribution in [0.2, 0.25) is 0 Å². The SMILES string of the molecule is CC1CN(S(=O)(=O)c2cnn(C(C)C)c2)c2cnccc2NC1=O. The average molecular weight is 349 g/mol. The van der Waals surface area contributed by atoms with Crippen molar-refractivity contribution in [3.63, 3.8) is 0 Å². The lowest BCUT2D eigenvalue weighted by atomic mass is 10.2. The molecule has 128 valence electrons. The number of nitrogens with zero attached hydrogens (tertiary/aromatic N) is 4. The van der Waals surface area contributed by atoms with E-state index in [2.05, 4.69) is 15.4 Å². The van der Waals surface area contributed by atoms with Crippen LogP contribution in [0.3, 0.4) is 0 Å². The van der Waals surface area contributed by atoms with Crippen LogP contribution in [0.4, 0.5) is 11.4 Å². The Kier molecular flexibility index (Phi) is 4.04. The predicted octanol–water partition coefficient (Wildman–Crippen LogP) is 1.64. The number of carbonyl (C=O) groups excluding carboxylic acids is 1. The van der Waals surface area contributed by atoms with Crippen molar-refractivity contribution in [2.75, 3.05) is 16.2 Å². The van der Waals surface area contributed by atoms with Gasteiger partial charge in [0.05, 0.1) is 29.7 Å². The van der Waals surface area contributed by atoms with Crippen LogP contribution in [-0.4, -0.2) is 35.6 Å². The number of pyridine rings is 1. The topological polar surface area (TPSA) is 97.2 Å². The van der Waals surface area contributed by atoms with Gasteiger partial charge < -0.3 is 5.32 Å². The number of rotatable bonds is 3. The number of aromatic nitrogens is 3. The minimum atomic E-state index is -3.85. The summed E-state index contributed by atoms with van der Waals surface area (Å²) in [6, 6.07) is 1.64. The highest BCUT2D eigenvalue weighted by Crippen LogP contribution is 2.33. The van der Waals surface area contributed by atoms with Gasteiger partial charge in [-0.15, -0.1) is 0 Å². The van der Waals surface area contributed by atoms with E-state index >= 15 is 0 Å². The summed E-state index contributed by atoms with van der Waals surface area (Å²) in [5.41, 5.74) is 0.784. The van der Waals surface area contributed by atoms with Gasteiger partial charge in [-0.3, -0.25) is 18.8 Å². The Bertz CT molecular complexity index is 875. The molecule has 24 heavy (non-hydrogen) atoms. The standard InChI is InChI=1S/C15H19N5O3S/c1-10(2)19-9-12(6-17-19)24(22,23)20-8-11(3)15(21)18-13-4-5-16-7-14(13)20/h4-7,9-11H,8H2,1-3H3,(H,18,21). The van der Waals surface area contributed by atoms with Crippen LogP contribution >= 0.6 is 0 Å². The maximum atomic E-state index is 13.1. The van der Waals surface area contributed by atoms with E-state index in [1.807, 2.05) is 13.8 Å². The summed E-state index contributed by atoms with van der Waals surface area (Å²) < 4.78 is 29.0.